The van der Waals surface area contributed by atoms with Crippen molar-refractivity contribution in [2.24, 2.45) is 10.8 Å². The van der Waals surface area contributed by atoms with Crippen molar-refractivity contribution in [3.63, 3.8) is 0 Å². The van der Waals surface area contributed by atoms with E-state index in [1.807, 2.05) is 23.1 Å². The van der Waals surface area contributed by atoms with Crippen molar-refractivity contribution in [3.8, 4) is 17.1 Å². The van der Waals surface area contributed by atoms with E-state index in [9.17, 15) is 9.18 Å². The van der Waals surface area contributed by atoms with Crippen LogP contribution in [-0.2, 0) is 10.2 Å². The first-order chi connectivity index (χ1) is 19.6. The molecule has 1 aromatic carbocycles. The fourth-order valence-corrected chi connectivity index (χ4v) is 8.05. The predicted octanol–water partition coefficient (Wildman–Crippen LogP) is 6.57. The molecule has 0 unspecified atom stereocenters. The Morgan fingerprint density at radius 2 is 1.71 bits per heavy atom. The van der Waals surface area contributed by atoms with Gasteiger partial charge < -0.3 is 14.2 Å². The SMILES string of the molecule is COc1ncc(-c2cccc(N(CC34CCC(c5nc(C(C)C)no5)(CC3)CC4)C(=O)CC34CC(F)(C3)C4)c2)cn1. The van der Waals surface area contributed by atoms with E-state index in [2.05, 4.69) is 35.0 Å². The summed E-state index contributed by atoms with van der Waals surface area (Å²) in [6.45, 7) is 4.84. The number of carbonyl (C=O) groups excluding carboxylic acids is 1. The molecule has 0 spiro atoms. The lowest BCUT2D eigenvalue weighted by molar-refractivity contribution is -0.215. The largest absolute Gasteiger partial charge is 0.467 e. The summed E-state index contributed by atoms with van der Waals surface area (Å²) in [5, 5.41) is 4.25. The number of methoxy groups -OCH3 is 1. The van der Waals surface area contributed by atoms with Gasteiger partial charge in [-0.25, -0.2) is 14.4 Å². The minimum absolute atomic E-state index is 0.0400. The molecule has 3 aromatic rings. The van der Waals surface area contributed by atoms with Crippen molar-refractivity contribution in [3.05, 3.63) is 48.4 Å². The van der Waals surface area contributed by atoms with Crippen molar-refractivity contribution >= 4 is 11.6 Å². The van der Waals surface area contributed by atoms with Crippen LogP contribution in [0.1, 0.15) is 95.7 Å². The van der Waals surface area contributed by atoms with Gasteiger partial charge >= 0.3 is 6.01 Å². The molecular formula is C32H38FN5O3. The van der Waals surface area contributed by atoms with Gasteiger partial charge in [0.1, 0.15) is 5.67 Å². The lowest BCUT2D eigenvalue weighted by atomic mass is 9.41. The molecule has 0 aliphatic heterocycles. The van der Waals surface area contributed by atoms with E-state index in [0.29, 0.717) is 38.2 Å². The molecule has 9 heteroatoms. The van der Waals surface area contributed by atoms with E-state index < -0.39 is 5.67 Å². The second-order valence-electron chi connectivity index (χ2n) is 13.7. The van der Waals surface area contributed by atoms with Crippen LogP contribution in [0.3, 0.4) is 0 Å². The van der Waals surface area contributed by atoms with Crippen LogP contribution in [0.5, 0.6) is 6.01 Å². The predicted molar refractivity (Wildman–Crippen MR) is 151 cm³/mol. The topological polar surface area (TPSA) is 94.2 Å². The maximum absolute atomic E-state index is 14.3. The average molecular weight is 560 g/mol. The summed E-state index contributed by atoms with van der Waals surface area (Å²) >= 11 is 0. The van der Waals surface area contributed by atoms with Gasteiger partial charge in [-0.3, -0.25) is 4.79 Å². The molecule has 0 radical (unpaired) electrons. The number of anilines is 1. The van der Waals surface area contributed by atoms with Crippen molar-refractivity contribution in [2.45, 2.75) is 95.1 Å². The highest BCUT2D eigenvalue weighted by atomic mass is 19.1. The number of aromatic nitrogens is 4. The van der Waals surface area contributed by atoms with Gasteiger partial charge in [-0.1, -0.05) is 31.1 Å². The lowest BCUT2D eigenvalue weighted by Gasteiger charge is -2.66. The fourth-order valence-electron chi connectivity index (χ4n) is 8.05. The summed E-state index contributed by atoms with van der Waals surface area (Å²) in [6, 6.07) is 8.38. The molecule has 8 nitrogen and oxygen atoms in total. The maximum atomic E-state index is 14.3. The van der Waals surface area contributed by atoms with Crippen LogP contribution in [0.25, 0.3) is 11.1 Å². The Bertz CT molecular complexity index is 1420. The molecule has 41 heavy (non-hydrogen) atoms. The molecule has 1 amide bonds. The zero-order chi connectivity index (χ0) is 28.5. The molecule has 9 rings (SSSR count). The quantitative estimate of drug-likeness (QED) is 0.293. The summed E-state index contributed by atoms with van der Waals surface area (Å²) < 4.78 is 25.2. The summed E-state index contributed by atoms with van der Waals surface area (Å²) in [5.41, 5.74) is 1.50. The number of halogens is 1. The summed E-state index contributed by atoms with van der Waals surface area (Å²) in [4.78, 5) is 29.3. The second-order valence-corrected chi connectivity index (χ2v) is 13.7. The third-order valence-electron chi connectivity index (χ3n) is 10.5. The number of benzene rings is 1. The molecule has 0 atom stereocenters. The van der Waals surface area contributed by atoms with Gasteiger partial charge in [-0.05, 0) is 86.3 Å². The molecule has 0 N–H and O–H groups in total. The van der Waals surface area contributed by atoms with Gasteiger partial charge in [0.2, 0.25) is 11.8 Å². The van der Waals surface area contributed by atoms with Crippen LogP contribution in [0.4, 0.5) is 10.1 Å². The van der Waals surface area contributed by atoms with Crippen molar-refractivity contribution in [2.75, 3.05) is 18.6 Å². The van der Waals surface area contributed by atoms with Crippen LogP contribution in [0.15, 0.2) is 41.2 Å². The Morgan fingerprint density at radius 3 is 2.29 bits per heavy atom. The number of ether oxygens (including phenoxy) is 1. The highest BCUT2D eigenvalue weighted by Crippen LogP contribution is 2.71. The zero-order valence-electron chi connectivity index (χ0n) is 24.2. The molecule has 6 fully saturated rings. The Kier molecular flexibility index (Phi) is 6.04. The number of hydrogen-bond donors (Lipinski definition) is 0. The first-order valence-electron chi connectivity index (χ1n) is 14.9. The number of rotatable bonds is 9. The third kappa shape index (κ3) is 4.52. The van der Waals surface area contributed by atoms with Gasteiger partial charge in [0, 0.05) is 47.9 Å². The first-order valence-corrected chi connectivity index (χ1v) is 14.9. The molecule has 4 bridgehead atoms. The van der Waals surface area contributed by atoms with Crippen molar-refractivity contribution < 1.29 is 18.4 Å². The Morgan fingerprint density at radius 1 is 1.02 bits per heavy atom. The third-order valence-corrected chi connectivity index (χ3v) is 10.5. The number of fused-ring (bicyclic) bond motifs is 3. The van der Waals surface area contributed by atoms with E-state index in [-0.39, 0.29) is 28.1 Å². The minimum atomic E-state index is -1.02. The highest BCUT2D eigenvalue weighted by molar-refractivity contribution is 5.95. The lowest BCUT2D eigenvalue weighted by Crippen LogP contribution is -2.65. The summed E-state index contributed by atoms with van der Waals surface area (Å²) in [6.07, 6.45) is 11.5. The number of nitrogens with zero attached hydrogens (tertiary/aromatic N) is 5. The monoisotopic (exact) mass is 559 g/mol. The highest BCUT2D eigenvalue weighted by Gasteiger charge is 2.69. The van der Waals surface area contributed by atoms with Crippen LogP contribution < -0.4 is 9.64 Å². The molecule has 2 aromatic heterocycles. The molecule has 216 valence electrons. The van der Waals surface area contributed by atoms with Gasteiger partial charge in [0.25, 0.3) is 0 Å². The maximum Gasteiger partial charge on any atom is 0.316 e. The van der Waals surface area contributed by atoms with E-state index >= 15 is 0 Å². The number of amides is 1. The molecule has 6 aliphatic carbocycles. The molecule has 2 heterocycles. The Balaban J connectivity index is 1.14. The minimum Gasteiger partial charge on any atom is -0.467 e. The molecular weight excluding hydrogens is 521 g/mol. The Labute approximate surface area is 240 Å². The van der Waals surface area contributed by atoms with Gasteiger partial charge in [-0.15, -0.1) is 0 Å². The van der Waals surface area contributed by atoms with E-state index in [1.54, 1.807) is 19.5 Å². The Hall–Kier alpha value is -3.36. The smallest absolute Gasteiger partial charge is 0.316 e. The van der Waals surface area contributed by atoms with Crippen LogP contribution in [-0.4, -0.2) is 45.3 Å². The van der Waals surface area contributed by atoms with E-state index in [4.69, 9.17) is 14.2 Å². The van der Waals surface area contributed by atoms with Gasteiger partial charge in [-0.2, -0.15) is 4.98 Å². The molecule has 6 aliphatic rings. The first kappa shape index (κ1) is 26.5. The molecule has 0 saturated heterocycles. The number of alkyl halides is 1. The van der Waals surface area contributed by atoms with Crippen LogP contribution in [0.2, 0.25) is 0 Å². The van der Waals surface area contributed by atoms with E-state index in [0.717, 1.165) is 67.1 Å². The number of hydrogen-bond acceptors (Lipinski definition) is 7. The van der Waals surface area contributed by atoms with Gasteiger partial charge in [0.05, 0.1) is 7.11 Å². The van der Waals surface area contributed by atoms with E-state index in [1.165, 1.54) is 0 Å². The standard InChI is InChI=1S/C32H38FN5O3/c1-21(2)26-36-27(41-37-26)31-10-7-29(8-11-31,9-12-31)20-38(25(39)14-30-17-32(33,18-30)19-30)24-6-4-5-22(13-24)23-15-34-28(40-3)35-16-23/h4-6,13,15-16,21H,7-12,14,17-20H2,1-3H3. The van der Waals surface area contributed by atoms with Gasteiger partial charge in [0.15, 0.2) is 5.82 Å². The second kappa shape index (κ2) is 9.33. The van der Waals surface area contributed by atoms with Crippen molar-refractivity contribution in [1.29, 1.82) is 0 Å². The normalized spacial score (nSPS) is 31.4. The fraction of sp³-hybridized carbons (Fsp3) is 0.594. The van der Waals surface area contributed by atoms with Crippen molar-refractivity contribution in [1.82, 2.24) is 20.1 Å². The average Bonchev–Trinajstić information content (AvgIpc) is 3.48. The zero-order valence-corrected chi connectivity index (χ0v) is 24.2. The summed E-state index contributed by atoms with van der Waals surface area (Å²) in [7, 11) is 1.54. The number of carbonyl (C=O) groups is 1. The van der Waals surface area contributed by atoms with Crippen LogP contribution >= 0.6 is 0 Å². The van der Waals surface area contributed by atoms with Crippen LogP contribution in [0, 0.1) is 10.8 Å². The summed E-state index contributed by atoms with van der Waals surface area (Å²) in [5.74, 6) is 1.91. The molecule has 6 saturated carbocycles.